The molecule has 2 rings (SSSR count). The minimum atomic E-state index is -4.90. The van der Waals surface area contributed by atoms with E-state index in [9.17, 15) is 28.2 Å². The van der Waals surface area contributed by atoms with Crippen LogP contribution >= 0.6 is 0 Å². The topological polar surface area (TPSA) is 127 Å². The van der Waals surface area contributed by atoms with Gasteiger partial charge in [-0.3, -0.25) is 0 Å². The van der Waals surface area contributed by atoms with Crippen molar-refractivity contribution < 1.29 is 37.7 Å². The summed E-state index contributed by atoms with van der Waals surface area (Å²) >= 11 is 0. The molecule has 0 fully saturated rings. The predicted molar refractivity (Wildman–Crippen MR) is 85.9 cm³/mol. The second kappa shape index (κ2) is 7.67. The molecule has 132 valence electrons. The van der Waals surface area contributed by atoms with E-state index in [1.165, 1.54) is 48.5 Å². The van der Waals surface area contributed by atoms with E-state index in [-0.39, 0.29) is 11.5 Å². The number of benzene rings is 2. The Bertz CT molecular complexity index is 767. The van der Waals surface area contributed by atoms with Gasteiger partial charge in [-0.2, -0.15) is 0 Å². The standard InChI is InChI=1S/C16H14O8S/c17-13(18)15(23-11-7-3-1-4-8-11)25(21,22)16(14(19)20)24-12-9-5-2-6-10-12/h1-10,15-16H,(H,17,18)(H,19,20). The summed E-state index contributed by atoms with van der Waals surface area (Å²) in [4.78, 5) is 22.8. The second-order valence-corrected chi connectivity index (χ2v) is 6.83. The monoisotopic (exact) mass is 366 g/mol. The smallest absolute Gasteiger partial charge is 0.361 e. The zero-order valence-electron chi connectivity index (χ0n) is 12.7. The molecular formula is C16H14O8S. The molecule has 0 saturated heterocycles. The number of aliphatic carboxylic acids is 2. The molecule has 0 aliphatic rings. The Labute approximate surface area is 143 Å². The molecular weight excluding hydrogens is 352 g/mol. The first-order valence-corrected chi connectivity index (χ1v) is 8.55. The van der Waals surface area contributed by atoms with Crippen LogP contribution in [0.5, 0.6) is 11.5 Å². The van der Waals surface area contributed by atoms with Crippen LogP contribution in [0.25, 0.3) is 0 Å². The van der Waals surface area contributed by atoms with Crippen molar-refractivity contribution >= 4 is 21.8 Å². The highest BCUT2D eigenvalue weighted by atomic mass is 32.2. The lowest BCUT2D eigenvalue weighted by Crippen LogP contribution is -2.47. The summed E-state index contributed by atoms with van der Waals surface area (Å²) in [7, 11) is -4.90. The summed E-state index contributed by atoms with van der Waals surface area (Å²) in [5, 5.41) is 18.4. The third-order valence-electron chi connectivity index (χ3n) is 2.97. The third kappa shape index (κ3) is 4.48. The van der Waals surface area contributed by atoms with Gasteiger partial charge in [0.2, 0.25) is 9.84 Å². The van der Waals surface area contributed by atoms with Gasteiger partial charge in [0.15, 0.2) is 0 Å². The van der Waals surface area contributed by atoms with Crippen molar-refractivity contribution in [1.82, 2.24) is 0 Å². The van der Waals surface area contributed by atoms with Crippen LogP contribution in [0.2, 0.25) is 0 Å². The van der Waals surface area contributed by atoms with E-state index in [2.05, 4.69) is 0 Å². The molecule has 9 heteroatoms. The van der Waals surface area contributed by atoms with E-state index < -0.39 is 32.6 Å². The molecule has 8 nitrogen and oxygen atoms in total. The summed E-state index contributed by atoms with van der Waals surface area (Å²) in [6.45, 7) is 0. The minimum Gasteiger partial charge on any atom is -0.478 e. The zero-order valence-corrected chi connectivity index (χ0v) is 13.5. The Morgan fingerprint density at radius 1 is 0.720 bits per heavy atom. The molecule has 0 saturated carbocycles. The van der Waals surface area contributed by atoms with Crippen LogP contribution in [0.15, 0.2) is 60.7 Å². The van der Waals surface area contributed by atoms with Crippen LogP contribution in [0.4, 0.5) is 0 Å². The molecule has 2 unspecified atom stereocenters. The van der Waals surface area contributed by atoms with Crippen molar-refractivity contribution in [3.63, 3.8) is 0 Å². The van der Waals surface area contributed by atoms with Crippen molar-refractivity contribution in [3.8, 4) is 11.5 Å². The maximum Gasteiger partial charge on any atom is 0.361 e. The van der Waals surface area contributed by atoms with E-state index in [1.54, 1.807) is 12.1 Å². The van der Waals surface area contributed by atoms with Crippen molar-refractivity contribution in [2.24, 2.45) is 0 Å². The van der Waals surface area contributed by atoms with Crippen molar-refractivity contribution in [2.75, 3.05) is 0 Å². The predicted octanol–water partition coefficient (Wildman–Crippen LogP) is 1.38. The number of carboxylic acids is 2. The molecule has 0 spiro atoms. The van der Waals surface area contributed by atoms with E-state index in [1.807, 2.05) is 0 Å². The maximum absolute atomic E-state index is 12.5. The Kier molecular flexibility index (Phi) is 5.60. The first-order valence-electron chi connectivity index (χ1n) is 6.94. The molecule has 0 aliphatic carbocycles. The third-order valence-corrected chi connectivity index (χ3v) is 4.76. The van der Waals surface area contributed by atoms with Gasteiger partial charge in [-0.1, -0.05) is 36.4 Å². The van der Waals surface area contributed by atoms with Crippen LogP contribution in [-0.4, -0.2) is 41.4 Å². The summed E-state index contributed by atoms with van der Waals surface area (Å²) in [5.74, 6) is -3.79. The number of hydrogen-bond donors (Lipinski definition) is 2. The lowest BCUT2D eigenvalue weighted by atomic mass is 10.3. The molecule has 0 radical (unpaired) electrons. The van der Waals surface area contributed by atoms with Gasteiger partial charge in [0, 0.05) is 0 Å². The lowest BCUT2D eigenvalue weighted by Gasteiger charge is -2.21. The zero-order chi connectivity index (χ0) is 18.4. The minimum absolute atomic E-state index is 0.0395. The van der Waals surface area contributed by atoms with Gasteiger partial charge in [-0.25, -0.2) is 18.0 Å². The number of carbonyl (C=O) groups is 2. The average molecular weight is 366 g/mol. The molecule has 2 N–H and O–H groups in total. The van der Waals surface area contributed by atoms with Gasteiger partial charge < -0.3 is 19.7 Å². The molecule has 25 heavy (non-hydrogen) atoms. The highest BCUT2D eigenvalue weighted by molar-refractivity contribution is 7.93. The van der Waals surface area contributed by atoms with Crippen LogP contribution < -0.4 is 9.47 Å². The maximum atomic E-state index is 12.5. The molecule has 0 heterocycles. The summed E-state index contributed by atoms with van der Waals surface area (Å²) < 4.78 is 35.0. The summed E-state index contributed by atoms with van der Waals surface area (Å²) in [6.07, 6.45) is 0. The van der Waals surface area contributed by atoms with Crippen LogP contribution in [0.3, 0.4) is 0 Å². The Morgan fingerprint density at radius 3 is 1.32 bits per heavy atom. The van der Waals surface area contributed by atoms with Gasteiger partial charge in [-0.05, 0) is 24.3 Å². The van der Waals surface area contributed by atoms with E-state index in [0.717, 1.165) is 0 Å². The van der Waals surface area contributed by atoms with Crippen LogP contribution in [0, 0.1) is 0 Å². The SMILES string of the molecule is O=C(O)C(Oc1ccccc1)S(=O)(=O)C(Oc1ccccc1)C(=O)O. The fourth-order valence-electron chi connectivity index (χ4n) is 1.87. The van der Waals surface area contributed by atoms with Crippen molar-refractivity contribution in [2.45, 2.75) is 10.9 Å². The van der Waals surface area contributed by atoms with Gasteiger partial charge in [0.1, 0.15) is 11.5 Å². The molecule has 0 aromatic heterocycles. The fraction of sp³-hybridized carbons (Fsp3) is 0.125. The Balaban J connectivity index is 2.35. The lowest BCUT2D eigenvalue weighted by molar-refractivity contribution is -0.142. The Morgan fingerprint density at radius 2 is 1.04 bits per heavy atom. The molecule has 2 atom stereocenters. The fourth-order valence-corrected chi connectivity index (χ4v) is 3.15. The number of hydrogen-bond acceptors (Lipinski definition) is 6. The molecule has 0 aliphatic heterocycles. The van der Waals surface area contributed by atoms with Crippen LogP contribution in [-0.2, 0) is 19.4 Å². The molecule has 0 amide bonds. The van der Waals surface area contributed by atoms with Crippen molar-refractivity contribution in [1.29, 1.82) is 0 Å². The number of carboxylic acid groups (broad SMARTS) is 2. The van der Waals surface area contributed by atoms with Crippen molar-refractivity contribution in [3.05, 3.63) is 60.7 Å². The summed E-state index contributed by atoms with van der Waals surface area (Å²) in [6, 6.07) is 14.7. The molecule has 2 aromatic carbocycles. The largest absolute Gasteiger partial charge is 0.478 e. The highest BCUT2D eigenvalue weighted by Crippen LogP contribution is 2.21. The Hall–Kier alpha value is -3.07. The molecule has 0 bridgehead atoms. The number of sulfone groups is 1. The second-order valence-electron chi connectivity index (χ2n) is 4.79. The van der Waals surface area contributed by atoms with Crippen LogP contribution in [0.1, 0.15) is 0 Å². The quantitative estimate of drug-likeness (QED) is 0.717. The first-order chi connectivity index (χ1) is 11.8. The van der Waals surface area contributed by atoms with Gasteiger partial charge in [0.05, 0.1) is 0 Å². The van der Waals surface area contributed by atoms with Gasteiger partial charge >= 0.3 is 11.9 Å². The van der Waals surface area contributed by atoms with E-state index in [0.29, 0.717) is 0 Å². The summed E-state index contributed by atoms with van der Waals surface area (Å²) in [5.41, 5.74) is -4.89. The van der Waals surface area contributed by atoms with Gasteiger partial charge in [-0.15, -0.1) is 0 Å². The van der Waals surface area contributed by atoms with E-state index in [4.69, 9.17) is 9.47 Å². The van der Waals surface area contributed by atoms with E-state index >= 15 is 0 Å². The average Bonchev–Trinajstić information content (AvgIpc) is 2.58. The normalized spacial score (nSPS) is 13.4. The number of rotatable bonds is 8. The number of para-hydroxylation sites is 2. The number of ether oxygens (including phenoxy) is 2. The highest BCUT2D eigenvalue weighted by Gasteiger charge is 2.46. The molecule has 2 aromatic rings. The first kappa shape index (κ1) is 18.3. The van der Waals surface area contributed by atoms with Gasteiger partial charge in [0.25, 0.3) is 10.9 Å².